The van der Waals surface area contributed by atoms with Crippen molar-refractivity contribution in [1.82, 2.24) is 9.88 Å². The van der Waals surface area contributed by atoms with E-state index in [2.05, 4.69) is 4.98 Å². The van der Waals surface area contributed by atoms with Crippen LogP contribution >= 0.6 is 23.2 Å². The number of nitrogens with two attached hydrogens (primary N) is 1. The monoisotopic (exact) mass is 323 g/mol. The normalized spacial score (nSPS) is 12.0. The van der Waals surface area contributed by atoms with Gasteiger partial charge in [0, 0.05) is 25.0 Å². The molecule has 0 spiro atoms. The van der Waals surface area contributed by atoms with Gasteiger partial charge in [0.1, 0.15) is 0 Å². The number of hydrogen-bond donors (Lipinski definition) is 1. The van der Waals surface area contributed by atoms with Crippen molar-refractivity contribution in [2.24, 2.45) is 0 Å². The Morgan fingerprint density at radius 2 is 1.76 bits per heavy atom. The molecule has 1 aromatic heterocycles. The molecule has 1 unspecified atom stereocenters. The predicted octanol–water partition coefficient (Wildman–Crippen LogP) is 3.80. The van der Waals surface area contributed by atoms with Crippen LogP contribution in [0.15, 0.2) is 36.7 Å². The largest absolute Gasteiger partial charge is 0.396 e. The first-order chi connectivity index (χ1) is 9.91. The van der Waals surface area contributed by atoms with Gasteiger partial charge in [-0.3, -0.25) is 9.78 Å². The van der Waals surface area contributed by atoms with Crippen LogP contribution in [0.25, 0.3) is 0 Å². The molecule has 0 fully saturated rings. The van der Waals surface area contributed by atoms with E-state index >= 15 is 0 Å². The summed E-state index contributed by atoms with van der Waals surface area (Å²) < 4.78 is 0. The van der Waals surface area contributed by atoms with Gasteiger partial charge < -0.3 is 10.6 Å². The molecule has 0 bridgehead atoms. The Morgan fingerprint density at radius 3 is 2.29 bits per heavy atom. The highest BCUT2D eigenvalue weighted by Crippen LogP contribution is 2.30. The van der Waals surface area contributed by atoms with E-state index in [1.54, 1.807) is 24.3 Å². The van der Waals surface area contributed by atoms with Gasteiger partial charge in [0.2, 0.25) is 0 Å². The second-order valence-electron chi connectivity index (χ2n) is 4.73. The summed E-state index contributed by atoms with van der Waals surface area (Å²) in [6.07, 6.45) is 3.39. The van der Waals surface area contributed by atoms with E-state index in [0.717, 1.165) is 5.56 Å². The van der Waals surface area contributed by atoms with Crippen LogP contribution in [-0.4, -0.2) is 22.8 Å². The number of benzene rings is 1. The molecular formula is C15H15Cl2N3O. The van der Waals surface area contributed by atoms with Crippen LogP contribution in [0.5, 0.6) is 0 Å². The highest BCUT2D eigenvalue weighted by Gasteiger charge is 2.20. The Balaban J connectivity index is 2.27. The van der Waals surface area contributed by atoms with Crippen molar-refractivity contribution in [3.8, 4) is 0 Å². The number of anilines is 1. The fourth-order valence-corrected chi connectivity index (χ4v) is 2.44. The molecule has 2 N–H and O–H groups in total. The highest BCUT2D eigenvalue weighted by atomic mass is 35.5. The molecule has 1 heterocycles. The van der Waals surface area contributed by atoms with E-state index in [4.69, 9.17) is 28.9 Å². The number of aromatic nitrogens is 1. The Labute approximate surface area is 133 Å². The lowest BCUT2D eigenvalue weighted by Crippen LogP contribution is -2.29. The predicted molar refractivity (Wildman–Crippen MR) is 85.6 cm³/mol. The third kappa shape index (κ3) is 3.28. The van der Waals surface area contributed by atoms with Crippen LogP contribution in [0.3, 0.4) is 0 Å². The number of nitrogens with zero attached hydrogens (tertiary/aromatic N) is 2. The molecule has 1 aromatic carbocycles. The Hall–Kier alpha value is -1.78. The summed E-state index contributed by atoms with van der Waals surface area (Å²) in [4.78, 5) is 18.1. The van der Waals surface area contributed by atoms with Gasteiger partial charge in [-0.15, -0.1) is 0 Å². The van der Waals surface area contributed by atoms with Crippen molar-refractivity contribution in [3.05, 3.63) is 57.8 Å². The lowest BCUT2D eigenvalue weighted by atomic mass is 10.1. The van der Waals surface area contributed by atoms with Gasteiger partial charge in [-0.1, -0.05) is 23.2 Å². The molecule has 1 amide bonds. The van der Waals surface area contributed by atoms with Crippen LogP contribution in [0.4, 0.5) is 5.69 Å². The van der Waals surface area contributed by atoms with E-state index in [1.165, 1.54) is 12.1 Å². The van der Waals surface area contributed by atoms with Crippen LogP contribution in [0.1, 0.15) is 28.9 Å². The maximum atomic E-state index is 12.5. The maximum absolute atomic E-state index is 12.5. The molecular weight excluding hydrogens is 309 g/mol. The van der Waals surface area contributed by atoms with E-state index < -0.39 is 0 Å². The molecule has 2 aromatic rings. The number of carbonyl (C=O) groups is 1. The summed E-state index contributed by atoms with van der Waals surface area (Å²) in [7, 11) is 1.73. The standard InChI is InChI=1S/C15H15Cl2N3O/c1-9(10-3-5-19-6-4-10)20(2)15(21)11-7-12(16)14(18)13(17)8-11/h3-9H,18H2,1-2H3. The van der Waals surface area contributed by atoms with E-state index in [-0.39, 0.29) is 27.7 Å². The summed E-state index contributed by atoms with van der Waals surface area (Å²) in [5.41, 5.74) is 7.36. The quantitative estimate of drug-likeness (QED) is 0.874. The van der Waals surface area contributed by atoms with Gasteiger partial charge in [-0.2, -0.15) is 0 Å². The highest BCUT2D eigenvalue weighted by molar-refractivity contribution is 6.39. The van der Waals surface area contributed by atoms with E-state index in [9.17, 15) is 4.79 Å². The topological polar surface area (TPSA) is 59.2 Å². The van der Waals surface area contributed by atoms with Gasteiger partial charge in [-0.25, -0.2) is 0 Å². The van der Waals surface area contributed by atoms with Crippen molar-refractivity contribution < 1.29 is 4.79 Å². The number of halogens is 2. The van der Waals surface area contributed by atoms with Crippen LogP contribution < -0.4 is 5.73 Å². The molecule has 0 saturated heterocycles. The first-order valence-electron chi connectivity index (χ1n) is 6.33. The second kappa shape index (κ2) is 6.33. The molecule has 2 rings (SSSR count). The van der Waals surface area contributed by atoms with Gasteiger partial charge in [0.25, 0.3) is 5.91 Å². The molecule has 0 radical (unpaired) electrons. The lowest BCUT2D eigenvalue weighted by Gasteiger charge is -2.25. The molecule has 0 saturated carbocycles. The van der Waals surface area contributed by atoms with Crippen LogP contribution in [-0.2, 0) is 0 Å². The molecule has 0 aliphatic rings. The average molecular weight is 324 g/mol. The first-order valence-corrected chi connectivity index (χ1v) is 7.09. The third-order valence-corrected chi connectivity index (χ3v) is 4.04. The zero-order chi connectivity index (χ0) is 15.6. The minimum Gasteiger partial charge on any atom is -0.396 e. The number of rotatable bonds is 3. The van der Waals surface area contributed by atoms with Gasteiger partial charge in [-0.05, 0) is 36.8 Å². The number of amides is 1. The summed E-state index contributed by atoms with van der Waals surface area (Å²) in [5, 5.41) is 0.548. The number of pyridine rings is 1. The van der Waals surface area contributed by atoms with Crippen LogP contribution in [0, 0.1) is 0 Å². The fraction of sp³-hybridized carbons (Fsp3) is 0.200. The minimum absolute atomic E-state index is 0.101. The molecule has 110 valence electrons. The number of nitrogen functional groups attached to an aromatic ring is 1. The van der Waals surface area contributed by atoms with Crippen molar-refractivity contribution in [2.45, 2.75) is 13.0 Å². The zero-order valence-corrected chi connectivity index (χ0v) is 13.2. The fourth-order valence-electron chi connectivity index (χ4n) is 1.95. The summed E-state index contributed by atoms with van der Waals surface area (Å²) in [6, 6.07) is 6.70. The number of hydrogen-bond acceptors (Lipinski definition) is 3. The first kappa shape index (κ1) is 15.6. The lowest BCUT2D eigenvalue weighted by molar-refractivity contribution is 0.0742. The SMILES string of the molecule is CC(c1ccncc1)N(C)C(=O)c1cc(Cl)c(N)c(Cl)c1. The second-order valence-corrected chi connectivity index (χ2v) is 5.54. The number of carbonyl (C=O) groups excluding carboxylic acids is 1. The molecule has 4 nitrogen and oxygen atoms in total. The zero-order valence-electron chi connectivity index (χ0n) is 11.7. The summed E-state index contributed by atoms with van der Waals surface area (Å²) in [5.74, 6) is -0.178. The average Bonchev–Trinajstić information content (AvgIpc) is 2.50. The molecule has 21 heavy (non-hydrogen) atoms. The third-order valence-electron chi connectivity index (χ3n) is 3.42. The Morgan fingerprint density at radius 1 is 1.24 bits per heavy atom. The van der Waals surface area contributed by atoms with Crippen molar-refractivity contribution in [2.75, 3.05) is 12.8 Å². The molecule has 1 atom stereocenters. The summed E-state index contributed by atoms with van der Waals surface area (Å²) in [6.45, 7) is 1.94. The Kier molecular flexibility index (Phi) is 4.70. The summed E-state index contributed by atoms with van der Waals surface area (Å²) >= 11 is 12.0. The molecule has 6 heteroatoms. The van der Waals surface area contributed by atoms with E-state index in [0.29, 0.717) is 5.56 Å². The van der Waals surface area contributed by atoms with Gasteiger partial charge >= 0.3 is 0 Å². The van der Waals surface area contributed by atoms with Crippen molar-refractivity contribution in [1.29, 1.82) is 0 Å². The smallest absolute Gasteiger partial charge is 0.254 e. The molecule has 0 aliphatic heterocycles. The molecule has 0 aliphatic carbocycles. The van der Waals surface area contributed by atoms with Crippen molar-refractivity contribution in [3.63, 3.8) is 0 Å². The van der Waals surface area contributed by atoms with Crippen molar-refractivity contribution >= 4 is 34.8 Å². The minimum atomic E-state index is -0.178. The van der Waals surface area contributed by atoms with Crippen LogP contribution in [0.2, 0.25) is 10.0 Å². The van der Waals surface area contributed by atoms with E-state index in [1.807, 2.05) is 19.1 Å². The van der Waals surface area contributed by atoms with Gasteiger partial charge in [0.15, 0.2) is 0 Å². The van der Waals surface area contributed by atoms with Gasteiger partial charge in [0.05, 0.1) is 21.8 Å². The maximum Gasteiger partial charge on any atom is 0.254 e. The Bertz CT molecular complexity index is 638.